The molecule has 0 bridgehead atoms. The first-order chi connectivity index (χ1) is 7.79. The summed E-state index contributed by atoms with van der Waals surface area (Å²) in [6, 6.07) is 2.74. The van der Waals surface area contributed by atoms with Crippen LogP contribution in [-0.4, -0.2) is 19.6 Å². The summed E-state index contributed by atoms with van der Waals surface area (Å²) in [6.07, 6.45) is -4.40. The van der Waals surface area contributed by atoms with Gasteiger partial charge in [0.05, 0.1) is 10.0 Å². The highest BCUT2D eigenvalue weighted by Crippen LogP contribution is 2.35. The largest absolute Gasteiger partial charge is 0.464 e. The molecule has 1 aromatic rings. The normalized spacial score (nSPS) is 11.6. The van der Waals surface area contributed by atoms with Crippen molar-refractivity contribution in [1.29, 1.82) is 0 Å². The number of halogens is 5. The van der Waals surface area contributed by atoms with E-state index < -0.39 is 19.6 Å². The SMILES string of the molecule is Nc1cc(Cl)c(OCOCC(F)(F)F)c(Cl)c1. The van der Waals surface area contributed by atoms with Gasteiger partial charge in [-0.1, -0.05) is 23.2 Å². The Bertz CT molecular complexity index is 375. The van der Waals surface area contributed by atoms with Crippen LogP contribution >= 0.6 is 23.2 Å². The third-order valence-corrected chi connectivity index (χ3v) is 2.13. The summed E-state index contributed by atoms with van der Waals surface area (Å²) in [5.74, 6) is 0.0321. The summed E-state index contributed by atoms with van der Waals surface area (Å²) in [4.78, 5) is 0. The first kappa shape index (κ1) is 14.2. The second kappa shape index (κ2) is 5.66. The lowest BCUT2D eigenvalue weighted by Crippen LogP contribution is -2.19. The molecule has 0 radical (unpaired) electrons. The van der Waals surface area contributed by atoms with Gasteiger partial charge < -0.3 is 15.2 Å². The number of alkyl halides is 3. The van der Waals surface area contributed by atoms with E-state index in [1.807, 2.05) is 0 Å². The van der Waals surface area contributed by atoms with E-state index >= 15 is 0 Å². The molecule has 96 valence electrons. The van der Waals surface area contributed by atoms with Crippen molar-refractivity contribution in [3.05, 3.63) is 22.2 Å². The number of ether oxygens (including phenoxy) is 2. The van der Waals surface area contributed by atoms with Gasteiger partial charge in [-0.2, -0.15) is 13.2 Å². The van der Waals surface area contributed by atoms with Crippen molar-refractivity contribution in [2.75, 3.05) is 19.1 Å². The van der Waals surface area contributed by atoms with E-state index in [4.69, 9.17) is 33.7 Å². The Morgan fingerprint density at radius 1 is 1.18 bits per heavy atom. The monoisotopic (exact) mass is 289 g/mol. The molecule has 0 saturated carbocycles. The van der Waals surface area contributed by atoms with Crippen molar-refractivity contribution >= 4 is 28.9 Å². The van der Waals surface area contributed by atoms with Crippen LogP contribution in [0, 0.1) is 0 Å². The maximum absolute atomic E-state index is 11.7. The van der Waals surface area contributed by atoms with Gasteiger partial charge >= 0.3 is 6.18 Å². The summed E-state index contributed by atoms with van der Waals surface area (Å²) < 4.78 is 44.4. The van der Waals surface area contributed by atoms with Gasteiger partial charge in [-0.3, -0.25) is 0 Å². The molecule has 17 heavy (non-hydrogen) atoms. The zero-order valence-electron chi connectivity index (χ0n) is 8.35. The Morgan fingerprint density at radius 3 is 2.18 bits per heavy atom. The molecule has 0 spiro atoms. The highest BCUT2D eigenvalue weighted by Gasteiger charge is 2.27. The van der Waals surface area contributed by atoms with Gasteiger partial charge in [-0.05, 0) is 12.1 Å². The van der Waals surface area contributed by atoms with Crippen LogP contribution < -0.4 is 10.5 Å². The molecule has 1 aromatic carbocycles. The van der Waals surface area contributed by atoms with Crippen molar-refractivity contribution < 1.29 is 22.6 Å². The standard InChI is InChI=1S/C9H8Cl2F3NO2/c10-6-1-5(15)2-7(11)8(6)17-4-16-3-9(12,13)14/h1-2H,3-4,15H2. The maximum atomic E-state index is 11.7. The Kier molecular flexibility index (Phi) is 4.73. The van der Waals surface area contributed by atoms with Crippen LogP contribution in [0.3, 0.4) is 0 Å². The number of nitrogen functional groups attached to an aromatic ring is 1. The predicted octanol–water partition coefficient (Wildman–Crippen LogP) is 3.49. The molecule has 0 aliphatic heterocycles. The number of hydrogen-bond acceptors (Lipinski definition) is 3. The van der Waals surface area contributed by atoms with Crippen molar-refractivity contribution in [1.82, 2.24) is 0 Å². The molecule has 0 atom stereocenters. The third kappa shape index (κ3) is 4.89. The molecular weight excluding hydrogens is 282 g/mol. The van der Waals surface area contributed by atoms with Crippen molar-refractivity contribution in [3.8, 4) is 5.75 Å². The highest BCUT2D eigenvalue weighted by atomic mass is 35.5. The van der Waals surface area contributed by atoms with E-state index in [1.54, 1.807) is 0 Å². The van der Waals surface area contributed by atoms with Gasteiger partial charge in [-0.25, -0.2) is 0 Å². The van der Waals surface area contributed by atoms with Gasteiger partial charge in [0.2, 0.25) is 0 Å². The molecular formula is C9H8Cl2F3NO2. The van der Waals surface area contributed by atoms with Gasteiger partial charge in [0, 0.05) is 5.69 Å². The topological polar surface area (TPSA) is 44.5 Å². The van der Waals surface area contributed by atoms with Crippen LogP contribution in [0.5, 0.6) is 5.75 Å². The minimum atomic E-state index is -4.40. The Morgan fingerprint density at radius 2 is 1.71 bits per heavy atom. The minimum absolute atomic E-state index is 0.0321. The van der Waals surface area contributed by atoms with E-state index in [0.717, 1.165) is 0 Å². The molecule has 0 aliphatic rings. The van der Waals surface area contributed by atoms with Crippen LogP contribution in [-0.2, 0) is 4.74 Å². The molecule has 0 fully saturated rings. The molecule has 1 rings (SSSR count). The maximum Gasteiger partial charge on any atom is 0.411 e. The lowest BCUT2D eigenvalue weighted by atomic mass is 10.3. The highest BCUT2D eigenvalue weighted by molar-refractivity contribution is 6.37. The fourth-order valence-electron chi connectivity index (χ4n) is 0.975. The summed E-state index contributed by atoms with van der Waals surface area (Å²) in [6.45, 7) is -2.01. The van der Waals surface area contributed by atoms with Gasteiger partial charge in [-0.15, -0.1) is 0 Å². The molecule has 3 nitrogen and oxygen atoms in total. The Hall–Kier alpha value is -0.850. The van der Waals surface area contributed by atoms with Crippen LogP contribution in [0.25, 0.3) is 0 Å². The van der Waals surface area contributed by atoms with E-state index in [-0.39, 0.29) is 15.8 Å². The molecule has 0 aliphatic carbocycles. The summed E-state index contributed by atoms with van der Waals surface area (Å²) in [5, 5.41) is 0.205. The number of nitrogens with two attached hydrogens (primary N) is 1. The number of benzene rings is 1. The van der Waals surface area contributed by atoms with Crippen molar-refractivity contribution in [3.63, 3.8) is 0 Å². The molecule has 2 N–H and O–H groups in total. The summed E-state index contributed by atoms with van der Waals surface area (Å²) in [7, 11) is 0. The quantitative estimate of drug-likeness (QED) is 0.524. The minimum Gasteiger partial charge on any atom is -0.464 e. The van der Waals surface area contributed by atoms with Crippen LogP contribution in [0.2, 0.25) is 10.0 Å². The Balaban J connectivity index is 2.53. The lowest BCUT2D eigenvalue weighted by molar-refractivity contribution is -0.186. The first-order valence-electron chi connectivity index (χ1n) is 4.31. The molecule has 0 heterocycles. The van der Waals surface area contributed by atoms with Crippen molar-refractivity contribution in [2.45, 2.75) is 6.18 Å². The molecule has 0 aromatic heterocycles. The molecule has 0 unspecified atom stereocenters. The average Bonchev–Trinajstić information content (AvgIpc) is 2.13. The van der Waals surface area contributed by atoms with Crippen LogP contribution in [0.1, 0.15) is 0 Å². The molecule has 8 heteroatoms. The number of anilines is 1. The van der Waals surface area contributed by atoms with Crippen LogP contribution in [0.4, 0.5) is 18.9 Å². The van der Waals surface area contributed by atoms with E-state index in [2.05, 4.69) is 4.74 Å². The molecule has 0 saturated heterocycles. The predicted molar refractivity (Wildman–Crippen MR) is 58.4 cm³/mol. The second-order valence-corrected chi connectivity index (χ2v) is 3.85. The summed E-state index contributed by atoms with van der Waals surface area (Å²) >= 11 is 11.5. The third-order valence-electron chi connectivity index (χ3n) is 1.57. The fourth-order valence-corrected chi connectivity index (χ4v) is 1.59. The number of rotatable bonds is 4. The lowest BCUT2D eigenvalue weighted by Gasteiger charge is -2.12. The van der Waals surface area contributed by atoms with Crippen LogP contribution in [0.15, 0.2) is 12.1 Å². The fraction of sp³-hybridized carbons (Fsp3) is 0.333. The van der Waals surface area contributed by atoms with Gasteiger partial charge in [0.25, 0.3) is 0 Å². The zero-order valence-corrected chi connectivity index (χ0v) is 9.86. The van der Waals surface area contributed by atoms with Crippen molar-refractivity contribution in [2.24, 2.45) is 0 Å². The summed E-state index contributed by atoms with van der Waals surface area (Å²) in [5.41, 5.74) is 5.76. The smallest absolute Gasteiger partial charge is 0.411 e. The Labute approximate surface area is 105 Å². The average molecular weight is 290 g/mol. The van der Waals surface area contributed by atoms with Gasteiger partial charge in [0.1, 0.15) is 6.61 Å². The van der Waals surface area contributed by atoms with E-state index in [9.17, 15) is 13.2 Å². The number of hydrogen-bond donors (Lipinski definition) is 1. The van der Waals surface area contributed by atoms with E-state index in [1.165, 1.54) is 12.1 Å². The first-order valence-corrected chi connectivity index (χ1v) is 5.07. The zero-order chi connectivity index (χ0) is 13.1. The second-order valence-electron chi connectivity index (χ2n) is 3.04. The van der Waals surface area contributed by atoms with Gasteiger partial charge in [0.15, 0.2) is 12.5 Å². The molecule has 0 amide bonds. The van der Waals surface area contributed by atoms with E-state index in [0.29, 0.717) is 5.69 Å².